The van der Waals surface area contributed by atoms with Gasteiger partial charge in [0, 0.05) is 67.5 Å². The van der Waals surface area contributed by atoms with Gasteiger partial charge < -0.3 is 29.5 Å². The van der Waals surface area contributed by atoms with Crippen LogP contribution in [0.1, 0.15) is 76.1 Å². The first-order valence-corrected chi connectivity index (χ1v) is 19.0. The van der Waals surface area contributed by atoms with Gasteiger partial charge in [-0.1, -0.05) is 37.3 Å². The van der Waals surface area contributed by atoms with Gasteiger partial charge in [0.25, 0.3) is 0 Å². The summed E-state index contributed by atoms with van der Waals surface area (Å²) in [6, 6.07) is 15.2. The number of hydrogen-bond acceptors (Lipinski definition) is 9. The second kappa shape index (κ2) is 13.6. The summed E-state index contributed by atoms with van der Waals surface area (Å²) in [6.45, 7) is 13.2. The normalized spacial score (nSPS) is 26.2. The van der Waals surface area contributed by atoms with Crippen LogP contribution in [0.4, 0.5) is 16.3 Å². The van der Waals surface area contributed by atoms with Crippen molar-refractivity contribution in [1.29, 1.82) is 0 Å². The molecule has 3 aromatic rings. The molecule has 10 heteroatoms. The summed E-state index contributed by atoms with van der Waals surface area (Å²) in [5.74, 6) is 1.08. The van der Waals surface area contributed by atoms with Gasteiger partial charge in [0.1, 0.15) is 19.0 Å². The summed E-state index contributed by atoms with van der Waals surface area (Å²) < 4.78 is 12.5. The molecule has 1 aromatic heterocycles. The van der Waals surface area contributed by atoms with Crippen LogP contribution in [0.2, 0.25) is 0 Å². The number of amides is 1. The van der Waals surface area contributed by atoms with E-state index >= 15 is 0 Å². The van der Waals surface area contributed by atoms with E-state index in [1.54, 1.807) is 4.90 Å². The number of nitrogens with zero attached hydrogens (tertiary/aromatic N) is 6. The van der Waals surface area contributed by atoms with Gasteiger partial charge in [0.2, 0.25) is 0 Å². The van der Waals surface area contributed by atoms with Crippen LogP contribution < -0.4 is 19.9 Å². The topological polar surface area (TPSA) is 86.3 Å². The number of rotatable bonds is 10. The maximum atomic E-state index is 12.6. The van der Waals surface area contributed by atoms with Crippen LogP contribution in [0.5, 0.6) is 6.01 Å². The fourth-order valence-corrected chi connectivity index (χ4v) is 9.57. The predicted molar refractivity (Wildman–Crippen MR) is 194 cm³/mol. The summed E-state index contributed by atoms with van der Waals surface area (Å²) >= 11 is 0. The number of carbonyl (C=O) groups excluding carboxylic acids is 1. The largest absolute Gasteiger partial charge is 0.461 e. The minimum absolute atomic E-state index is 0.0641. The Morgan fingerprint density at radius 2 is 1.78 bits per heavy atom. The molecule has 0 saturated carbocycles. The maximum Gasteiger partial charge on any atom is 0.409 e. The molecular formula is C39H53N7O3. The van der Waals surface area contributed by atoms with Gasteiger partial charge in [-0.3, -0.25) is 4.90 Å². The van der Waals surface area contributed by atoms with Crippen molar-refractivity contribution in [2.45, 2.75) is 102 Å². The lowest BCUT2D eigenvalue weighted by atomic mass is 9.95. The van der Waals surface area contributed by atoms with Crippen molar-refractivity contribution in [3.05, 3.63) is 53.2 Å². The fraction of sp³-hybridized carbons (Fsp3) is 0.615. The van der Waals surface area contributed by atoms with E-state index in [1.165, 1.54) is 40.4 Å². The van der Waals surface area contributed by atoms with Crippen LogP contribution in [0.25, 0.3) is 10.8 Å². The van der Waals surface area contributed by atoms with Crippen molar-refractivity contribution in [2.75, 3.05) is 62.3 Å². The van der Waals surface area contributed by atoms with Crippen LogP contribution in [0.3, 0.4) is 0 Å². The zero-order chi connectivity index (χ0) is 33.5. The lowest BCUT2D eigenvalue weighted by Crippen LogP contribution is -2.52. The first-order valence-electron chi connectivity index (χ1n) is 19.0. The zero-order valence-electron chi connectivity index (χ0n) is 29.6. The monoisotopic (exact) mass is 667 g/mol. The number of benzene rings is 2. The number of ether oxygens (including phenoxy) is 2. The molecule has 4 unspecified atom stereocenters. The van der Waals surface area contributed by atoms with E-state index in [0.717, 1.165) is 82.8 Å². The molecule has 0 radical (unpaired) electrons. The molecule has 5 aliphatic rings. The first-order chi connectivity index (χ1) is 24.0. The molecule has 2 aromatic carbocycles. The average molecular weight is 668 g/mol. The quantitative estimate of drug-likeness (QED) is 0.299. The van der Waals surface area contributed by atoms with Gasteiger partial charge >= 0.3 is 12.1 Å². The molecular weight excluding hydrogens is 614 g/mol. The van der Waals surface area contributed by atoms with Gasteiger partial charge in [-0.15, -0.1) is 0 Å². The smallest absolute Gasteiger partial charge is 0.409 e. The lowest BCUT2D eigenvalue weighted by molar-refractivity contribution is 0.0449. The Labute approximate surface area is 291 Å². The van der Waals surface area contributed by atoms with E-state index in [4.69, 9.17) is 19.4 Å². The first kappa shape index (κ1) is 32.6. The van der Waals surface area contributed by atoms with Crippen LogP contribution in [0, 0.1) is 0 Å². The van der Waals surface area contributed by atoms with Gasteiger partial charge in [0.15, 0.2) is 0 Å². The fourth-order valence-electron chi connectivity index (χ4n) is 9.57. The molecule has 5 aliphatic heterocycles. The Morgan fingerprint density at radius 3 is 2.55 bits per heavy atom. The van der Waals surface area contributed by atoms with E-state index < -0.39 is 0 Å². The molecule has 6 heterocycles. The van der Waals surface area contributed by atoms with Gasteiger partial charge in [-0.2, -0.15) is 9.97 Å². The number of aromatic nitrogens is 2. The highest BCUT2D eigenvalue weighted by Crippen LogP contribution is 2.43. The molecule has 4 saturated heterocycles. The van der Waals surface area contributed by atoms with Crippen LogP contribution in [-0.4, -0.2) is 102 Å². The third-order valence-corrected chi connectivity index (χ3v) is 12.2. The van der Waals surface area contributed by atoms with Crippen molar-refractivity contribution in [1.82, 2.24) is 25.1 Å². The predicted octanol–water partition coefficient (Wildman–Crippen LogP) is 5.55. The van der Waals surface area contributed by atoms with Gasteiger partial charge in [0.05, 0.1) is 17.8 Å². The maximum absolute atomic E-state index is 12.6. The van der Waals surface area contributed by atoms with E-state index in [9.17, 15) is 4.79 Å². The Morgan fingerprint density at radius 1 is 0.980 bits per heavy atom. The summed E-state index contributed by atoms with van der Waals surface area (Å²) in [7, 11) is 0. The van der Waals surface area contributed by atoms with Crippen molar-refractivity contribution < 1.29 is 14.3 Å². The highest BCUT2D eigenvalue weighted by molar-refractivity contribution is 5.97. The molecule has 49 heavy (non-hydrogen) atoms. The van der Waals surface area contributed by atoms with Crippen LogP contribution in [0.15, 0.2) is 36.4 Å². The van der Waals surface area contributed by atoms with Gasteiger partial charge in [-0.05, 0) is 88.8 Å². The molecule has 0 spiro atoms. The molecule has 2 bridgehead atoms. The van der Waals surface area contributed by atoms with Crippen molar-refractivity contribution in [2.24, 2.45) is 0 Å². The summed E-state index contributed by atoms with van der Waals surface area (Å²) in [5, 5.41) is 6.45. The third-order valence-electron chi connectivity index (χ3n) is 12.2. The summed E-state index contributed by atoms with van der Waals surface area (Å²) in [5.41, 5.74) is 5.00. The van der Waals surface area contributed by atoms with E-state index in [-0.39, 0.29) is 17.7 Å². The van der Waals surface area contributed by atoms with E-state index in [0.29, 0.717) is 44.4 Å². The summed E-state index contributed by atoms with van der Waals surface area (Å²) in [4.78, 5) is 32.4. The number of hydrogen-bond donors (Lipinski definition) is 1. The highest BCUT2D eigenvalue weighted by atomic mass is 16.6. The molecule has 8 rings (SSSR count). The standard InChI is InChI=1S/C39H53N7O3/c1-4-27-10-7-11-28-12-8-13-34(35(27)28)44-21-17-32-33(24-44)41-37(42-36(32)45-22-29-14-15-30(23-45)40-29)49-26-39-18-9-20-46(39)31(16-19-39)25-48-38(47)43(5-2)6-3/h7-8,10-13,29-31,40H,4-6,9,14-26H2,1-3H3. The Balaban J connectivity index is 1.05. The van der Waals surface area contributed by atoms with Crippen molar-refractivity contribution in [3.8, 4) is 6.01 Å². The Hall–Kier alpha value is -3.63. The van der Waals surface area contributed by atoms with E-state index in [2.05, 4.69) is 63.3 Å². The third kappa shape index (κ3) is 6.09. The van der Waals surface area contributed by atoms with Crippen LogP contribution in [-0.2, 0) is 24.1 Å². The SMILES string of the molecule is CCc1cccc2cccc(N3CCc4c(nc(OCC56CCCN5C(COC(=O)N(CC)CC)CC6)nc4N4CC5CCC(C4)N5)C3)c12. The minimum Gasteiger partial charge on any atom is -0.461 e. The second-order valence-electron chi connectivity index (χ2n) is 14.9. The Kier molecular flexibility index (Phi) is 9.03. The number of piperazine rings is 1. The molecule has 4 atom stereocenters. The zero-order valence-corrected chi connectivity index (χ0v) is 29.6. The Bertz CT molecular complexity index is 1660. The highest BCUT2D eigenvalue weighted by Gasteiger charge is 2.50. The molecule has 262 valence electrons. The molecule has 1 N–H and O–H groups in total. The van der Waals surface area contributed by atoms with Crippen molar-refractivity contribution >= 4 is 28.4 Å². The number of anilines is 2. The summed E-state index contributed by atoms with van der Waals surface area (Å²) in [6.07, 6.45) is 8.43. The molecule has 0 aliphatic carbocycles. The number of aryl methyl sites for hydroxylation is 1. The second-order valence-corrected chi connectivity index (χ2v) is 14.9. The van der Waals surface area contributed by atoms with Crippen molar-refractivity contribution in [3.63, 3.8) is 0 Å². The molecule has 1 amide bonds. The van der Waals surface area contributed by atoms with Gasteiger partial charge in [-0.25, -0.2) is 4.79 Å². The number of nitrogens with one attached hydrogen (secondary N) is 1. The minimum atomic E-state index is -0.210. The van der Waals surface area contributed by atoms with E-state index in [1.807, 2.05) is 13.8 Å². The number of fused-ring (bicyclic) bond motifs is 5. The number of carbonyl (C=O) groups is 1. The molecule has 4 fully saturated rings. The lowest BCUT2D eigenvalue weighted by Gasteiger charge is -2.38. The molecule has 10 nitrogen and oxygen atoms in total. The average Bonchev–Trinajstić information content (AvgIpc) is 3.81. The van der Waals surface area contributed by atoms with Crippen LogP contribution >= 0.6 is 0 Å².